The first-order valence-electron chi connectivity index (χ1n) is 13.2. The number of hydrogen-bond donors (Lipinski definition) is 0. The highest BCUT2D eigenvalue weighted by atomic mass is 19.2. The molecule has 0 saturated carbocycles. The predicted molar refractivity (Wildman–Crippen MR) is 132 cm³/mol. The van der Waals surface area contributed by atoms with E-state index in [0.717, 1.165) is 50.5 Å². The molecule has 35 heavy (non-hydrogen) atoms. The fourth-order valence-electron chi connectivity index (χ4n) is 4.40. The van der Waals surface area contributed by atoms with E-state index in [2.05, 4.69) is 13.8 Å². The lowest BCUT2D eigenvalue weighted by atomic mass is 9.96. The molecule has 3 rings (SSSR count). The summed E-state index contributed by atoms with van der Waals surface area (Å²) in [6.07, 6.45) is 9.63. The molecule has 0 radical (unpaired) electrons. The Morgan fingerprint density at radius 3 is 2.14 bits per heavy atom. The van der Waals surface area contributed by atoms with Gasteiger partial charge in [-0.05, 0) is 48.6 Å². The Morgan fingerprint density at radius 1 is 0.771 bits per heavy atom. The zero-order valence-electron chi connectivity index (χ0n) is 21.1. The van der Waals surface area contributed by atoms with Gasteiger partial charge in [0.25, 0.3) is 0 Å². The number of unbranched alkanes of at least 4 members (excludes halogenated alkanes) is 7. The molecule has 0 bridgehead atoms. The van der Waals surface area contributed by atoms with Crippen LogP contribution in [0.15, 0.2) is 30.3 Å². The van der Waals surface area contributed by atoms with Crippen LogP contribution in [0.4, 0.5) is 13.2 Å². The molecule has 1 fully saturated rings. The zero-order valence-corrected chi connectivity index (χ0v) is 21.1. The molecule has 1 saturated heterocycles. The van der Waals surface area contributed by atoms with Crippen LogP contribution in [0, 0.1) is 17.5 Å². The lowest BCUT2D eigenvalue weighted by Crippen LogP contribution is -2.27. The van der Waals surface area contributed by atoms with Gasteiger partial charge in [-0.25, -0.2) is 8.78 Å². The quantitative estimate of drug-likeness (QED) is 0.248. The average Bonchev–Trinajstić information content (AvgIpc) is 2.86. The summed E-state index contributed by atoms with van der Waals surface area (Å²) >= 11 is 0. The Bertz CT molecular complexity index is 910. The summed E-state index contributed by atoms with van der Waals surface area (Å²) in [5.74, 6) is -2.75. The minimum atomic E-state index is -1.04. The monoisotopic (exact) mass is 492 g/mol. The minimum absolute atomic E-state index is 0.0143. The molecule has 0 aliphatic carbocycles. The highest BCUT2D eigenvalue weighted by molar-refractivity contribution is 5.32. The van der Waals surface area contributed by atoms with E-state index in [1.54, 1.807) is 12.1 Å². The minimum Gasteiger partial charge on any atom is -0.490 e. The second-order valence-corrected chi connectivity index (χ2v) is 9.41. The van der Waals surface area contributed by atoms with E-state index < -0.39 is 17.9 Å². The summed E-state index contributed by atoms with van der Waals surface area (Å²) in [6, 6.07) is 8.16. The lowest BCUT2D eigenvalue weighted by molar-refractivity contribution is -0.193. The smallest absolute Gasteiger partial charge is 0.201 e. The van der Waals surface area contributed by atoms with Crippen LogP contribution in [0.5, 0.6) is 5.75 Å². The van der Waals surface area contributed by atoms with Crippen LogP contribution in [0.2, 0.25) is 0 Å². The Morgan fingerprint density at radius 2 is 1.43 bits per heavy atom. The maximum absolute atomic E-state index is 14.7. The summed E-state index contributed by atoms with van der Waals surface area (Å²) < 4.78 is 60.8. The van der Waals surface area contributed by atoms with Crippen molar-refractivity contribution in [2.75, 3.05) is 19.8 Å². The van der Waals surface area contributed by atoms with Gasteiger partial charge in [-0.3, -0.25) is 0 Å². The number of rotatable bonds is 14. The normalized spacial score (nSPS) is 18.1. The molecule has 1 aliphatic heterocycles. The van der Waals surface area contributed by atoms with E-state index in [0.29, 0.717) is 12.2 Å². The van der Waals surface area contributed by atoms with Crippen LogP contribution in [0.25, 0.3) is 0 Å². The topological polar surface area (TPSA) is 27.7 Å². The number of halogens is 3. The first-order chi connectivity index (χ1) is 17.0. The van der Waals surface area contributed by atoms with Gasteiger partial charge in [-0.15, -0.1) is 0 Å². The zero-order chi connectivity index (χ0) is 25.0. The summed E-state index contributed by atoms with van der Waals surface area (Å²) in [5, 5.41) is 0. The fraction of sp³-hybridized carbons (Fsp3) is 0.586. The standard InChI is InChI=1S/C29H39F3O3/c1-3-5-7-8-9-11-17-33-26-16-15-24(27(31)28(26)32)29-34-19-22(20-35-29)23-14-13-21(18-25(23)30)12-10-6-4-2/h13-16,18,22,29H,3-12,17,19-20H2,1-2H3. The maximum Gasteiger partial charge on any atom is 0.201 e. The van der Waals surface area contributed by atoms with E-state index >= 15 is 0 Å². The van der Waals surface area contributed by atoms with E-state index in [-0.39, 0.29) is 36.3 Å². The molecule has 0 N–H and O–H groups in total. The van der Waals surface area contributed by atoms with Crippen LogP contribution in [-0.4, -0.2) is 19.8 Å². The molecule has 0 atom stereocenters. The fourth-order valence-corrected chi connectivity index (χ4v) is 4.40. The van der Waals surface area contributed by atoms with Crippen LogP contribution in [0.3, 0.4) is 0 Å². The molecule has 1 heterocycles. The predicted octanol–water partition coefficient (Wildman–Crippen LogP) is 8.41. The molecular weight excluding hydrogens is 453 g/mol. The Balaban J connectivity index is 1.51. The lowest BCUT2D eigenvalue weighted by Gasteiger charge is -2.30. The van der Waals surface area contributed by atoms with Crippen molar-refractivity contribution >= 4 is 0 Å². The largest absolute Gasteiger partial charge is 0.490 e. The van der Waals surface area contributed by atoms with E-state index in [1.165, 1.54) is 31.4 Å². The third kappa shape index (κ3) is 7.97. The molecule has 0 aromatic heterocycles. The van der Waals surface area contributed by atoms with Gasteiger partial charge < -0.3 is 14.2 Å². The van der Waals surface area contributed by atoms with Crippen LogP contribution >= 0.6 is 0 Å². The van der Waals surface area contributed by atoms with Crippen LogP contribution < -0.4 is 4.74 Å². The van der Waals surface area contributed by atoms with Gasteiger partial charge in [0.05, 0.1) is 19.8 Å². The molecular formula is C29H39F3O3. The molecule has 194 valence electrons. The summed E-state index contributed by atoms with van der Waals surface area (Å²) in [7, 11) is 0. The van der Waals surface area contributed by atoms with E-state index in [4.69, 9.17) is 14.2 Å². The van der Waals surface area contributed by atoms with Crippen molar-refractivity contribution in [2.24, 2.45) is 0 Å². The van der Waals surface area contributed by atoms with Crippen molar-refractivity contribution in [3.8, 4) is 5.75 Å². The molecule has 1 aliphatic rings. The second kappa shape index (κ2) is 14.5. The van der Waals surface area contributed by atoms with Crippen molar-refractivity contribution in [1.82, 2.24) is 0 Å². The SMILES string of the molecule is CCCCCCCCOc1ccc(C2OCC(c3ccc(CCCCC)cc3F)CO2)c(F)c1F. The highest BCUT2D eigenvalue weighted by Gasteiger charge is 2.30. The van der Waals surface area contributed by atoms with Crippen molar-refractivity contribution in [3.05, 3.63) is 64.5 Å². The maximum atomic E-state index is 14.7. The van der Waals surface area contributed by atoms with Crippen LogP contribution in [-0.2, 0) is 15.9 Å². The van der Waals surface area contributed by atoms with E-state index in [9.17, 15) is 13.2 Å². The summed E-state index contributed by atoms with van der Waals surface area (Å²) in [4.78, 5) is 0. The van der Waals surface area contributed by atoms with Gasteiger partial charge in [-0.1, -0.05) is 70.9 Å². The third-order valence-corrected chi connectivity index (χ3v) is 6.56. The van der Waals surface area contributed by atoms with Crippen LogP contribution in [0.1, 0.15) is 101 Å². The Kier molecular flexibility index (Phi) is 11.4. The number of hydrogen-bond acceptors (Lipinski definition) is 3. The molecule has 0 amide bonds. The van der Waals surface area contributed by atoms with Gasteiger partial charge >= 0.3 is 0 Å². The van der Waals surface area contributed by atoms with Crippen molar-refractivity contribution in [2.45, 2.75) is 90.3 Å². The summed E-state index contributed by atoms with van der Waals surface area (Å²) in [6.45, 7) is 4.98. The number of aryl methyl sites for hydroxylation is 1. The molecule has 2 aromatic rings. The molecule has 0 spiro atoms. The van der Waals surface area contributed by atoms with Gasteiger partial charge in [0.15, 0.2) is 17.9 Å². The molecule has 0 unspecified atom stereocenters. The number of benzene rings is 2. The number of ether oxygens (including phenoxy) is 3. The Labute approximate surface area is 208 Å². The Hall–Kier alpha value is -2.05. The summed E-state index contributed by atoms with van der Waals surface area (Å²) in [5.41, 5.74) is 1.49. The third-order valence-electron chi connectivity index (χ3n) is 6.56. The van der Waals surface area contributed by atoms with Crippen molar-refractivity contribution in [1.29, 1.82) is 0 Å². The molecule has 3 nitrogen and oxygen atoms in total. The van der Waals surface area contributed by atoms with Gasteiger partial charge in [0.1, 0.15) is 5.82 Å². The van der Waals surface area contributed by atoms with E-state index in [1.807, 2.05) is 6.07 Å². The van der Waals surface area contributed by atoms with Gasteiger partial charge in [0, 0.05) is 11.5 Å². The first kappa shape index (κ1) is 27.5. The van der Waals surface area contributed by atoms with Crippen molar-refractivity contribution < 1.29 is 27.4 Å². The highest BCUT2D eigenvalue weighted by Crippen LogP contribution is 2.34. The average molecular weight is 493 g/mol. The molecule has 6 heteroatoms. The first-order valence-corrected chi connectivity index (χ1v) is 13.2. The molecule has 2 aromatic carbocycles. The second-order valence-electron chi connectivity index (χ2n) is 9.41. The van der Waals surface area contributed by atoms with Gasteiger partial charge in [0.2, 0.25) is 5.82 Å². The van der Waals surface area contributed by atoms with Gasteiger partial charge in [-0.2, -0.15) is 4.39 Å². The van der Waals surface area contributed by atoms with Crippen molar-refractivity contribution in [3.63, 3.8) is 0 Å².